The van der Waals surface area contributed by atoms with E-state index in [1.807, 2.05) is 65.0 Å². The van der Waals surface area contributed by atoms with Crippen molar-refractivity contribution in [2.75, 3.05) is 55.6 Å². The Balaban J connectivity index is 1.07. The van der Waals surface area contributed by atoms with E-state index < -0.39 is 11.0 Å². The Kier molecular flexibility index (Phi) is 7.96. The number of fused-ring (bicyclic) bond motifs is 1. The van der Waals surface area contributed by atoms with Gasteiger partial charge in [-0.25, -0.2) is 4.79 Å². The normalized spacial score (nSPS) is 18.4. The summed E-state index contributed by atoms with van der Waals surface area (Å²) in [5.74, 6) is 1.34. The summed E-state index contributed by atoms with van der Waals surface area (Å²) >= 11 is 6.29. The van der Waals surface area contributed by atoms with Crippen LogP contribution < -0.4 is 9.80 Å². The molecule has 3 aromatic rings. The highest BCUT2D eigenvalue weighted by atomic mass is 35.5. The van der Waals surface area contributed by atoms with E-state index in [1.54, 1.807) is 28.0 Å². The highest BCUT2D eigenvalue weighted by molar-refractivity contribution is 6.32. The number of halogens is 1. The van der Waals surface area contributed by atoms with Gasteiger partial charge in [-0.15, -0.1) is 10.2 Å². The summed E-state index contributed by atoms with van der Waals surface area (Å²) < 4.78 is 5.51. The molecule has 0 spiro atoms. The van der Waals surface area contributed by atoms with Crippen molar-refractivity contribution in [1.29, 1.82) is 5.26 Å². The van der Waals surface area contributed by atoms with Crippen molar-refractivity contribution in [2.45, 2.75) is 45.6 Å². The second kappa shape index (κ2) is 11.6. The first-order valence-electron chi connectivity index (χ1n) is 15.3. The third kappa shape index (κ3) is 6.07. The molecule has 4 heterocycles. The third-order valence-electron chi connectivity index (χ3n) is 8.75. The Morgan fingerprint density at radius 3 is 2.40 bits per heavy atom. The maximum absolute atomic E-state index is 13.6. The average molecular weight is 628 g/mol. The largest absolute Gasteiger partial charge is 0.444 e. The topological polar surface area (TPSA) is 106 Å². The molecule has 2 amide bonds. The van der Waals surface area contributed by atoms with Crippen molar-refractivity contribution in [3.05, 3.63) is 64.7 Å². The molecule has 2 aromatic carbocycles. The summed E-state index contributed by atoms with van der Waals surface area (Å²) in [6.45, 7) is 15.4. The highest BCUT2D eigenvalue weighted by Crippen LogP contribution is 2.47. The predicted molar refractivity (Wildman–Crippen MR) is 174 cm³/mol. The third-order valence-corrected chi connectivity index (χ3v) is 9.06. The Morgan fingerprint density at radius 2 is 1.78 bits per heavy atom. The van der Waals surface area contributed by atoms with Gasteiger partial charge >= 0.3 is 6.09 Å². The molecule has 0 aliphatic carbocycles. The Labute approximate surface area is 269 Å². The van der Waals surface area contributed by atoms with E-state index in [-0.39, 0.29) is 12.0 Å². The number of nitrogens with zero attached hydrogens (tertiary/aromatic N) is 7. The molecule has 11 heteroatoms. The molecule has 0 unspecified atom stereocenters. The molecule has 3 aliphatic heterocycles. The molecule has 0 bridgehead atoms. The number of carbonyl (C=O) groups is 2. The Bertz CT molecular complexity index is 1660. The minimum Gasteiger partial charge on any atom is -0.444 e. The monoisotopic (exact) mass is 627 g/mol. The van der Waals surface area contributed by atoms with Gasteiger partial charge < -0.3 is 14.5 Å². The first-order valence-corrected chi connectivity index (χ1v) is 15.7. The van der Waals surface area contributed by atoms with Crippen LogP contribution in [-0.2, 0) is 14.9 Å². The number of rotatable bonds is 5. The number of amides is 2. The second-order valence-corrected chi connectivity index (χ2v) is 14.0. The van der Waals surface area contributed by atoms with E-state index in [9.17, 15) is 14.9 Å². The molecule has 2 saturated heterocycles. The van der Waals surface area contributed by atoms with E-state index in [0.717, 1.165) is 61.0 Å². The number of carbonyl (C=O) groups excluding carboxylic acids is 2. The van der Waals surface area contributed by atoms with Crippen LogP contribution >= 0.6 is 11.6 Å². The summed E-state index contributed by atoms with van der Waals surface area (Å²) in [6.07, 6.45) is -0.230. The lowest BCUT2D eigenvalue weighted by Gasteiger charge is -2.44. The van der Waals surface area contributed by atoms with Gasteiger partial charge in [0.1, 0.15) is 11.7 Å². The van der Waals surface area contributed by atoms with Crippen LogP contribution in [0.4, 0.5) is 22.0 Å². The summed E-state index contributed by atoms with van der Waals surface area (Å²) in [7, 11) is 0. The van der Waals surface area contributed by atoms with Gasteiger partial charge in [-0.2, -0.15) is 5.26 Å². The van der Waals surface area contributed by atoms with Crippen LogP contribution in [0.25, 0.3) is 11.3 Å². The SMILES string of the molecule is CC(C)(C)OC(=O)N1CCN(CC2CN(c3ccc(-c4ccc5c(c4)C(C)(C)C(=O)N5c4ccc(C#N)c(Cl)c4)nn3)C2)CC1. The molecule has 0 radical (unpaired) electrons. The van der Waals surface area contributed by atoms with Crippen LogP contribution in [0.15, 0.2) is 48.5 Å². The molecular weight excluding hydrogens is 590 g/mol. The lowest BCUT2D eigenvalue weighted by Crippen LogP contribution is -2.56. The fourth-order valence-electron chi connectivity index (χ4n) is 6.21. The van der Waals surface area contributed by atoms with Crippen LogP contribution in [0.5, 0.6) is 0 Å². The smallest absolute Gasteiger partial charge is 0.410 e. The molecule has 3 aliphatic rings. The fraction of sp³-hybridized carbons (Fsp3) is 0.441. The van der Waals surface area contributed by atoms with Gasteiger partial charge in [0, 0.05) is 57.3 Å². The molecule has 0 saturated carbocycles. The number of piperazine rings is 1. The van der Waals surface area contributed by atoms with Gasteiger partial charge in [0.2, 0.25) is 5.91 Å². The van der Waals surface area contributed by atoms with Gasteiger partial charge in [0.15, 0.2) is 5.82 Å². The van der Waals surface area contributed by atoms with E-state index in [4.69, 9.17) is 16.3 Å². The second-order valence-electron chi connectivity index (χ2n) is 13.6. The maximum atomic E-state index is 13.6. The number of hydrogen-bond donors (Lipinski definition) is 0. The van der Waals surface area contributed by atoms with Gasteiger partial charge in [0.05, 0.1) is 33.1 Å². The van der Waals surface area contributed by atoms with Crippen molar-refractivity contribution in [1.82, 2.24) is 20.0 Å². The summed E-state index contributed by atoms with van der Waals surface area (Å²) in [5, 5.41) is 18.6. The molecule has 45 heavy (non-hydrogen) atoms. The molecule has 234 valence electrons. The summed E-state index contributed by atoms with van der Waals surface area (Å²) in [5.41, 5.74) is 3.08. The molecule has 0 N–H and O–H groups in total. The van der Waals surface area contributed by atoms with Crippen molar-refractivity contribution in [3.63, 3.8) is 0 Å². The van der Waals surface area contributed by atoms with Crippen LogP contribution in [0.1, 0.15) is 45.7 Å². The summed E-state index contributed by atoms with van der Waals surface area (Å²) in [6, 6.07) is 17.0. The zero-order valence-corrected chi connectivity index (χ0v) is 27.1. The van der Waals surface area contributed by atoms with E-state index >= 15 is 0 Å². The summed E-state index contributed by atoms with van der Waals surface area (Å²) in [4.78, 5) is 34.0. The first-order chi connectivity index (χ1) is 21.3. The van der Waals surface area contributed by atoms with Crippen molar-refractivity contribution in [3.8, 4) is 17.3 Å². The van der Waals surface area contributed by atoms with Gasteiger partial charge in [0.25, 0.3) is 0 Å². The molecule has 1 aromatic heterocycles. The number of hydrogen-bond acceptors (Lipinski definition) is 8. The van der Waals surface area contributed by atoms with Crippen LogP contribution in [0.2, 0.25) is 5.02 Å². The molecule has 0 atom stereocenters. The fourth-order valence-corrected chi connectivity index (χ4v) is 6.43. The van der Waals surface area contributed by atoms with Crippen LogP contribution in [0, 0.1) is 17.2 Å². The van der Waals surface area contributed by atoms with Gasteiger partial charge in [-0.1, -0.05) is 17.7 Å². The van der Waals surface area contributed by atoms with E-state index in [1.165, 1.54) is 0 Å². The van der Waals surface area contributed by atoms with Crippen molar-refractivity contribution >= 4 is 40.8 Å². The molecule has 6 rings (SSSR count). The minimum absolute atomic E-state index is 0.0610. The average Bonchev–Trinajstić information content (AvgIpc) is 3.18. The molecule has 10 nitrogen and oxygen atoms in total. The van der Waals surface area contributed by atoms with Crippen LogP contribution in [-0.4, -0.2) is 83.4 Å². The number of aromatic nitrogens is 2. The quantitative estimate of drug-likeness (QED) is 0.359. The molecular formula is C34H38ClN7O3. The van der Waals surface area contributed by atoms with Crippen molar-refractivity contribution < 1.29 is 14.3 Å². The number of benzene rings is 2. The van der Waals surface area contributed by atoms with Crippen LogP contribution in [0.3, 0.4) is 0 Å². The maximum Gasteiger partial charge on any atom is 0.410 e. The van der Waals surface area contributed by atoms with Gasteiger partial charge in [-0.3, -0.25) is 14.6 Å². The van der Waals surface area contributed by atoms with E-state index in [0.29, 0.717) is 35.3 Å². The number of ether oxygens (including phenoxy) is 1. The Hall–Kier alpha value is -4.20. The van der Waals surface area contributed by atoms with E-state index in [2.05, 4.69) is 26.1 Å². The lowest BCUT2D eigenvalue weighted by atomic mass is 9.85. The Morgan fingerprint density at radius 1 is 1.04 bits per heavy atom. The number of anilines is 3. The number of nitriles is 1. The zero-order chi connectivity index (χ0) is 32.1. The standard InChI is InChI=1S/C34H38ClN7O3/c1-33(2,3)45-32(44)40-14-12-39(13-15-40)19-22-20-41(21-22)30-11-9-28(37-38-30)23-7-10-29-26(16-23)34(4,5)31(43)42(29)25-8-6-24(18-36)27(35)17-25/h6-11,16-17,22H,12-15,19-21H2,1-5H3. The zero-order valence-electron chi connectivity index (χ0n) is 26.4. The van der Waals surface area contributed by atoms with Crippen molar-refractivity contribution in [2.24, 2.45) is 5.92 Å². The predicted octanol–water partition coefficient (Wildman–Crippen LogP) is 5.61. The minimum atomic E-state index is -0.756. The first kappa shape index (κ1) is 30.8. The molecule has 2 fully saturated rings. The highest BCUT2D eigenvalue weighted by Gasteiger charge is 2.45. The lowest BCUT2D eigenvalue weighted by molar-refractivity contribution is -0.121. The van der Waals surface area contributed by atoms with Gasteiger partial charge in [-0.05, 0) is 82.6 Å².